The van der Waals surface area contributed by atoms with Crippen LogP contribution in [0.3, 0.4) is 0 Å². The van der Waals surface area contributed by atoms with E-state index in [0.29, 0.717) is 6.54 Å². The zero-order valence-electron chi connectivity index (χ0n) is 11.2. The summed E-state index contributed by atoms with van der Waals surface area (Å²) in [6.45, 7) is 2.40. The Balaban J connectivity index is 2.39. The molecule has 106 valence electrons. The summed E-state index contributed by atoms with van der Waals surface area (Å²) < 4.78 is 1.94. The quantitative estimate of drug-likeness (QED) is 0.806. The number of hydrogen-bond donors (Lipinski definition) is 2. The lowest BCUT2D eigenvalue weighted by atomic mass is 9.89. The Hall–Kier alpha value is -0.680. The Morgan fingerprint density at radius 2 is 1.85 bits per heavy atom. The van der Waals surface area contributed by atoms with E-state index in [0.717, 1.165) is 25.6 Å². The van der Waals surface area contributed by atoms with Gasteiger partial charge < -0.3 is 10.8 Å². The minimum absolute atomic E-state index is 0.134. The Bertz CT molecular complexity index is 601. The van der Waals surface area contributed by atoms with Gasteiger partial charge in [0.25, 0.3) is 0 Å². The smallest absolute Gasteiger partial charge is 0.0881 e. The molecule has 2 atom stereocenters. The molecule has 0 aromatic heterocycles. The standard InChI is InChI=1S/C16H17Br2NO/c1-10-4-2-7-13(15(10)18)16(20)14(9-19)11-5-3-6-12(17)8-11/h2-8,14,16,20H,9,19H2,1H3. The van der Waals surface area contributed by atoms with Crippen molar-refractivity contribution in [3.8, 4) is 0 Å². The summed E-state index contributed by atoms with van der Waals surface area (Å²) in [4.78, 5) is 0. The maximum absolute atomic E-state index is 10.7. The Morgan fingerprint density at radius 1 is 1.15 bits per heavy atom. The van der Waals surface area contributed by atoms with E-state index < -0.39 is 6.10 Å². The van der Waals surface area contributed by atoms with Gasteiger partial charge in [-0.1, -0.05) is 62.2 Å². The van der Waals surface area contributed by atoms with Gasteiger partial charge in [0.1, 0.15) is 0 Å². The molecule has 2 aromatic carbocycles. The lowest BCUT2D eigenvalue weighted by molar-refractivity contribution is 0.146. The van der Waals surface area contributed by atoms with Gasteiger partial charge in [-0.2, -0.15) is 0 Å². The first-order valence-electron chi connectivity index (χ1n) is 6.43. The third-order valence-corrected chi connectivity index (χ3v) is 5.03. The summed E-state index contributed by atoms with van der Waals surface area (Å²) in [6, 6.07) is 13.8. The van der Waals surface area contributed by atoms with Crippen LogP contribution in [0.15, 0.2) is 51.4 Å². The summed E-state index contributed by atoms with van der Waals surface area (Å²) in [5.74, 6) is -0.134. The van der Waals surface area contributed by atoms with E-state index in [2.05, 4.69) is 31.9 Å². The van der Waals surface area contributed by atoms with Crippen LogP contribution in [0.4, 0.5) is 0 Å². The van der Waals surface area contributed by atoms with Gasteiger partial charge in [-0.05, 0) is 35.7 Å². The maximum Gasteiger partial charge on any atom is 0.0881 e. The van der Waals surface area contributed by atoms with E-state index >= 15 is 0 Å². The van der Waals surface area contributed by atoms with Crippen molar-refractivity contribution in [1.29, 1.82) is 0 Å². The highest BCUT2D eigenvalue weighted by atomic mass is 79.9. The van der Waals surface area contributed by atoms with Crippen molar-refractivity contribution in [2.45, 2.75) is 18.9 Å². The molecule has 3 N–H and O–H groups in total. The molecule has 0 heterocycles. The number of nitrogens with two attached hydrogens (primary N) is 1. The lowest BCUT2D eigenvalue weighted by Gasteiger charge is -2.24. The van der Waals surface area contributed by atoms with Gasteiger partial charge in [-0.3, -0.25) is 0 Å². The van der Waals surface area contributed by atoms with Gasteiger partial charge in [0, 0.05) is 21.4 Å². The van der Waals surface area contributed by atoms with Gasteiger partial charge in [0.2, 0.25) is 0 Å². The monoisotopic (exact) mass is 397 g/mol. The third-order valence-electron chi connectivity index (χ3n) is 3.45. The molecule has 2 unspecified atom stereocenters. The molecule has 2 aromatic rings. The first-order chi connectivity index (χ1) is 9.54. The summed E-state index contributed by atoms with van der Waals surface area (Å²) in [7, 11) is 0. The average molecular weight is 399 g/mol. The molecule has 0 radical (unpaired) electrons. The first kappa shape index (κ1) is 15.7. The van der Waals surface area contributed by atoms with Crippen LogP contribution in [-0.2, 0) is 0 Å². The minimum atomic E-state index is -0.636. The van der Waals surface area contributed by atoms with E-state index in [4.69, 9.17) is 5.73 Å². The van der Waals surface area contributed by atoms with Gasteiger partial charge >= 0.3 is 0 Å². The molecule has 0 aliphatic rings. The number of benzene rings is 2. The number of halogens is 2. The Labute approximate surface area is 136 Å². The molecule has 0 saturated heterocycles. The van der Waals surface area contributed by atoms with Gasteiger partial charge in [-0.25, -0.2) is 0 Å². The molecule has 0 bridgehead atoms. The second-order valence-electron chi connectivity index (χ2n) is 4.82. The number of aliphatic hydroxyl groups excluding tert-OH is 1. The minimum Gasteiger partial charge on any atom is -0.388 e. The fourth-order valence-electron chi connectivity index (χ4n) is 2.30. The first-order valence-corrected chi connectivity index (χ1v) is 8.01. The zero-order chi connectivity index (χ0) is 14.7. The largest absolute Gasteiger partial charge is 0.388 e. The van der Waals surface area contributed by atoms with E-state index in [9.17, 15) is 5.11 Å². The van der Waals surface area contributed by atoms with Crippen molar-refractivity contribution in [3.63, 3.8) is 0 Å². The van der Waals surface area contributed by atoms with Crippen LogP contribution in [0.25, 0.3) is 0 Å². The van der Waals surface area contributed by atoms with Crippen LogP contribution >= 0.6 is 31.9 Å². The van der Waals surface area contributed by atoms with E-state index in [1.807, 2.05) is 49.4 Å². The molecule has 2 rings (SSSR count). The summed E-state index contributed by atoms with van der Waals surface area (Å²) in [5, 5.41) is 10.7. The van der Waals surface area contributed by atoms with Crippen LogP contribution < -0.4 is 5.73 Å². The molecule has 0 spiro atoms. The highest BCUT2D eigenvalue weighted by Gasteiger charge is 2.23. The SMILES string of the molecule is Cc1cccc(C(O)C(CN)c2cccc(Br)c2)c1Br. The molecule has 2 nitrogen and oxygen atoms in total. The molecular weight excluding hydrogens is 382 g/mol. The van der Waals surface area contributed by atoms with Gasteiger partial charge in [0.05, 0.1) is 6.10 Å². The van der Waals surface area contributed by atoms with Crippen LogP contribution in [0.1, 0.15) is 28.7 Å². The van der Waals surface area contributed by atoms with E-state index in [1.165, 1.54) is 0 Å². The zero-order valence-corrected chi connectivity index (χ0v) is 14.4. The molecule has 0 aliphatic carbocycles. The summed E-state index contributed by atoms with van der Waals surface area (Å²) >= 11 is 7.01. The van der Waals surface area contributed by atoms with Crippen molar-refractivity contribution < 1.29 is 5.11 Å². The Morgan fingerprint density at radius 3 is 2.50 bits per heavy atom. The topological polar surface area (TPSA) is 46.2 Å². The lowest BCUT2D eigenvalue weighted by Crippen LogP contribution is -2.20. The van der Waals surface area contributed by atoms with Gasteiger partial charge in [-0.15, -0.1) is 0 Å². The predicted octanol–water partition coefficient (Wildman–Crippen LogP) is 4.30. The second kappa shape index (κ2) is 6.85. The second-order valence-corrected chi connectivity index (χ2v) is 6.53. The number of rotatable bonds is 4. The van der Waals surface area contributed by atoms with Crippen LogP contribution in [0, 0.1) is 6.92 Å². The van der Waals surface area contributed by atoms with Crippen molar-refractivity contribution in [3.05, 3.63) is 68.1 Å². The van der Waals surface area contributed by atoms with Crippen LogP contribution in [0.5, 0.6) is 0 Å². The average Bonchev–Trinajstić information content (AvgIpc) is 2.42. The summed E-state index contributed by atoms with van der Waals surface area (Å²) in [6.07, 6.45) is -0.636. The highest BCUT2D eigenvalue weighted by Crippen LogP contribution is 2.36. The fourth-order valence-corrected chi connectivity index (χ4v) is 3.22. The fraction of sp³-hybridized carbons (Fsp3) is 0.250. The predicted molar refractivity (Wildman–Crippen MR) is 89.8 cm³/mol. The third kappa shape index (κ3) is 3.31. The molecule has 0 fully saturated rings. The van der Waals surface area contributed by atoms with Crippen LogP contribution in [0.2, 0.25) is 0 Å². The number of hydrogen-bond acceptors (Lipinski definition) is 2. The van der Waals surface area contributed by atoms with E-state index in [-0.39, 0.29) is 5.92 Å². The normalized spacial score (nSPS) is 14.1. The van der Waals surface area contributed by atoms with Crippen molar-refractivity contribution >= 4 is 31.9 Å². The molecule has 0 saturated carbocycles. The van der Waals surface area contributed by atoms with Crippen molar-refractivity contribution in [1.82, 2.24) is 0 Å². The highest BCUT2D eigenvalue weighted by molar-refractivity contribution is 9.10. The Kier molecular flexibility index (Phi) is 5.38. The van der Waals surface area contributed by atoms with Crippen LogP contribution in [-0.4, -0.2) is 11.7 Å². The van der Waals surface area contributed by atoms with Crippen molar-refractivity contribution in [2.75, 3.05) is 6.54 Å². The van der Waals surface area contributed by atoms with Crippen molar-refractivity contribution in [2.24, 2.45) is 5.73 Å². The number of aliphatic hydroxyl groups is 1. The molecule has 4 heteroatoms. The molecular formula is C16H17Br2NO. The molecule has 0 aliphatic heterocycles. The molecule has 0 amide bonds. The summed E-state index contributed by atoms with van der Waals surface area (Å²) in [5.41, 5.74) is 8.90. The maximum atomic E-state index is 10.7. The number of aryl methyl sites for hydroxylation is 1. The van der Waals surface area contributed by atoms with Gasteiger partial charge in [0.15, 0.2) is 0 Å². The van der Waals surface area contributed by atoms with E-state index in [1.54, 1.807) is 0 Å². The molecule has 20 heavy (non-hydrogen) atoms.